The van der Waals surface area contributed by atoms with Gasteiger partial charge < -0.3 is 19.7 Å². The average Bonchev–Trinajstić information content (AvgIpc) is 2.47. The van der Waals surface area contributed by atoms with E-state index < -0.39 is 0 Å². The Bertz CT molecular complexity index is 514. The molecule has 2 heterocycles. The molecule has 0 aromatic carbocycles. The number of nitrogens with zero attached hydrogens (tertiary/aromatic N) is 2. The van der Waals surface area contributed by atoms with Gasteiger partial charge >= 0.3 is 0 Å². The number of pyridine rings is 1. The molecule has 0 unspecified atom stereocenters. The number of carbonyl (C=O) groups excluding carboxylic acids is 1. The van der Waals surface area contributed by atoms with Crippen molar-refractivity contribution in [2.45, 2.75) is 32.4 Å². The molecule has 6 nitrogen and oxygen atoms in total. The van der Waals surface area contributed by atoms with E-state index in [9.17, 15) is 4.79 Å². The van der Waals surface area contributed by atoms with Crippen LogP contribution in [-0.4, -0.2) is 68.4 Å². The third kappa shape index (κ3) is 5.57. The third-order valence-electron chi connectivity index (χ3n) is 3.82. The van der Waals surface area contributed by atoms with Gasteiger partial charge in [0.1, 0.15) is 0 Å². The molecule has 0 radical (unpaired) electrons. The Labute approximate surface area is 138 Å². The van der Waals surface area contributed by atoms with Gasteiger partial charge in [-0.05, 0) is 46.5 Å². The van der Waals surface area contributed by atoms with E-state index in [1.165, 1.54) is 0 Å². The van der Waals surface area contributed by atoms with Crippen LogP contribution >= 0.6 is 0 Å². The summed E-state index contributed by atoms with van der Waals surface area (Å²) in [5.41, 5.74) is 2.32. The van der Waals surface area contributed by atoms with Gasteiger partial charge in [0.15, 0.2) is 0 Å². The van der Waals surface area contributed by atoms with Crippen LogP contribution in [0.5, 0.6) is 0 Å². The molecule has 0 aliphatic carbocycles. The fourth-order valence-corrected chi connectivity index (χ4v) is 2.66. The highest BCUT2D eigenvalue weighted by Gasteiger charge is 2.28. The van der Waals surface area contributed by atoms with Gasteiger partial charge in [-0.1, -0.05) is 0 Å². The predicted octanol–water partition coefficient (Wildman–Crippen LogP) is 1.16. The van der Waals surface area contributed by atoms with Crippen LogP contribution in [0.15, 0.2) is 12.1 Å². The Morgan fingerprint density at radius 1 is 1.39 bits per heavy atom. The Balaban J connectivity index is 1.96. The zero-order chi connectivity index (χ0) is 16.8. The maximum atomic E-state index is 12.5. The highest BCUT2D eigenvalue weighted by molar-refractivity contribution is 5.94. The summed E-state index contributed by atoms with van der Waals surface area (Å²) in [5.74, 6) is -0.102. The topological polar surface area (TPSA) is 63.7 Å². The molecular formula is C17H27N3O3. The Morgan fingerprint density at radius 3 is 2.74 bits per heavy atom. The zero-order valence-corrected chi connectivity index (χ0v) is 14.5. The van der Waals surface area contributed by atoms with Crippen molar-refractivity contribution in [1.82, 2.24) is 15.2 Å². The van der Waals surface area contributed by atoms with E-state index in [-0.39, 0.29) is 18.1 Å². The molecule has 1 aromatic heterocycles. The lowest BCUT2D eigenvalue weighted by Crippen LogP contribution is -2.51. The number of aromatic nitrogens is 1. The number of nitrogens with one attached hydrogen (secondary N) is 1. The van der Waals surface area contributed by atoms with Gasteiger partial charge in [-0.25, -0.2) is 0 Å². The first kappa shape index (κ1) is 17.8. The van der Waals surface area contributed by atoms with Gasteiger partial charge in [-0.2, -0.15) is 0 Å². The van der Waals surface area contributed by atoms with Crippen molar-refractivity contribution in [2.75, 3.05) is 40.5 Å². The normalized spacial score (nSPS) is 21.4. The van der Waals surface area contributed by atoms with Crippen LogP contribution in [-0.2, 0) is 9.47 Å². The van der Waals surface area contributed by atoms with E-state index >= 15 is 0 Å². The molecule has 1 saturated heterocycles. The fourth-order valence-electron chi connectivity index (χ4n) is 2.66. The van der Waals surface area contributed by atoms with Gasteiger partial charge in [-0.15, -0.1) is 0 Å². The highest BCUT2D eigenvalue weighted by atomic mass is 16.5. The summed E-state index contributed by atoms with van der Waals surface area (Å²) in [6.07, 6.45) is 0.795. The van der Waals surface area contributed by atoms with Crippen LogP contribution in [0.25, 0.3) is 0 Å². The highest BCUT2D eigenvalue weighted by Crippen LogP contribution is 2.13. The van der Waals surface area contributed by atoms with Crippen molar-refractivity contribution < 1.29 is 14.3 Å². The zero-order valence-electron chi connectivity index (χ0n) is 14.5. The lowest BCUT2D eigenvalue weighted by atomic mass is 10.1. The minimum Gasteiger partial charge on any atom is -0.379 e. The van der Waals surface area contributed by atoms with Crippen LogP contribution in [0.3, 0.4) is 0 Å². The summed E-state index contributed by atoms with van der Waals surface area (Å²) in [4.78, 5) is 18.9. The number of rotatable bonds is 6. The number of aryl methyl sites for hydroxylation is 2. The molecule has 23 heavy (non-hydrogen) atoms. The van der Waals surface area contributed by atoms with E-state index in [1.807, 2.05) is 27.9 Å². The Morgan fingerprint density at radius 2 is 2.09 bits per heavy atom. The molecule has 1 amide bonds. The summed E-state index contributed by atoms with van der Waals surface area (Å²) >= 11 is 0. The van der Waals surface area contributed by atoms with E-state index in [1.54, 1.807) is 12.1 Å². The van der Waals surface area contributed by atoms with E-state index in [0.717, 1.165) is 24.4 Å². The van der Waals surface area contributed by atoms with Crippen LogP contribution in [0.4, 0.5) is 0 Å². The smallest absolute Gasteiger partial charge is 0.251 e. The van der Waals surface area contributed by atoms with Crippen LogP contribution in [0, 0.1) is 13.8 Å². The SMILES string of the molecule is Cc1cc(C(=O)N[C@H]2COCC[C@H]2OCCN(C)C)cc(C)n1. The summed E-state index contributed by atoms with van der Waals surface area (Å²) in [6.45, 7) is 6.45. The largest absolute Gasteiger partial charge is 0.379 e. The van der Waals surface area contributed by atoms with Crippen molar-refractivity contribution in [1.29, 1.82) is 0 Å². The first-order valence-electron chi connectivity index (χ1n) is 8.06. The van der Waals surface area contributed by atoms with Crippen LogP contribution in [0.2, 0.25) is 0 Å². The maximum Gasteiger partial charge on any atom is 0.251 e. The minimum absolute atomic E-state index is 0.00307. The van der Waals surface area contributed by atoms with Crippen LogP contribution < -0.4 is 5.32 Å². The summed E-state index contributed by atoms with van der Waals surface area (Å²) < 4.78 is 11.4. The molecule has 1 aliphatic heterocycles. The molecule has 1 aliphatic rings. The van der Waals surface area contributed by atoms with Crippen molar-refractivity contribution in [2.24, 2.45) is 0 Å². The second-order valence-corrected chi connectivity index (χ2v) is 6.29. The fraction of sp³-hybridized carbons (Fsp3) is 0.647. The number of amides is 1. The Kier molecular flexibility index (Phi) is 6.50. The third-order valence-corrected chi connectivity index (χ3v) is 3.82. The molecular weight excluding hydrogens is 294 g/mol. The molecule has 128 valence electrons. The predicted molar refractivity (Wildman–Crippen MR) is 88.7 cm³/mol. The lowest BCUT2D eigenvalue weighted by Gasteiger charge is -2.32. The summed E-state index contributed by atoms with van der Waals surface area (Å²) in [7, 11) is 4.03. The quantitative estimate of drug-likeness (QED) is 0.852. The van der Waals surface area contributed by atoms with Gasteiger partial charge in [0.05, 0.1) is 25.4 Å². The van der Waals surface area contributed by atoms with Gasteiger partial charge in [0.25, 0.3) is 5.91 Å². The molecule has 6 heteroatoms. The Hall–Kier alpha value is -1.50. The number of hydrogen-bond acceptors (Lipinski definition) is 5. The second-order valence-electron chi connectivity index (χ2n) is 6.29. The molecule has 1 aromatic rings. The maximum absolute atomic E-state index is 12.5. The van der Waals surface area contributed by atoms with Gasteiger partial charge in [-0.3, -0.25) is 9.78 Å². The standard InChI is InChI=1S/C17H27N3O3/c1-12-9-14(10-13(2)18-12)17(21)19-15-11-22-7-5-16(15)23-8-6-20(3)4/h9-10,15-16H,5-8,11H2,1-4H3,(H,19,21)/t15-,16+/m0/s1. The second kappa shape index (κ2) is 8.38. The van der Waals surface area contributed by atoms with Crippen molar-refractivity contribution in [3.8, 4) is 0 Å². The molecule has 1 fully saturated rings. The first-order chi connectivity index (χ1) is 11.0. The lowest BCUT2D eigenvalue weighted by molar-refractivity contribution is -0.0561. The van der Waals surface area contributed by atoms with E-state index in [2.05, 4.69) is 15.2 Å². The molecule has 2 rings (SSSR count). The number of carbonyl (C=O) groups is 1. The van der Waals surface area contributed by atoms with E-state index in [4.69, 9.17) is 9.47 Å². The number of hydrogen-bond donors (Lipinski definition) is 1. The number of ether oxygens (including phenoxy) is 2. The molecule has 0 saturated carbocycles. The van der Waals surface area contributed by atoms with Crippen molar-refractivity contribution in [3.05, 3.63) is 29.1 Å². The van der Waals surface area contributed by atoms with Gasteiger partial charge in [0.2, 0.25) is 0 Å². The van der Waals surface area contributed by atoms with Crippen molar-refractivity contribution in [3.63, 3.8) is 0 Å². The van der Waals surface area contributed by atoms with Crippen LogP contribution in [0.1, 0.15) is 28.2 Å². The summed E-state index contributed by atoms with van der Waals surface area (Å²) in [6, 6.07) is 3.48. The summed E-state index contributed by atoms with van der Waals surface area (Å²) in [5, 5.41) is 3.05. The van der Waals surface area contributed by atoms with Crippen molar-refractivity contribution >= 4 is 5.91 Å². The molecule has 1 N–H and O–H groups in total. The number of likely N-dealkylation sites (N-methyl/N-ethyl adjacent to an activating group) is 1. The monoisotopic (exact) mass is 321 g/mol. The molecule has 0 spiro atoms. The molecule has 0 bridgehead atoms. The average molecular weight is 321 g/mol. The van der Waals surface area contributed by atoms with Gasteiger partial charge in [0, 0.05) is 30.1 Å². The van der Waals surface area contributed by atoms with E-state index in [0.29, 0.717) is 25.4 Å². The minimum atomic E-state index is -0.118. The first-order valence-corrected chi connectivity index (χ1v) is 8.06. The molecule has 2 atom stereocenters.